The van der Waals surface area contributed by atoms with Crippen LogP contribution in [0, 0.1) is 0 Å². The largest absolute Gasteiger partial charge is 0.497 e. The van der Waals surface area contributed by atoms with Gasteiger partial charge in [0.05, 0.1) is 7.11 Å². The van der Waals surface area contributed by atoms with Crippen LogP contribution in [-0.2, 0) is 11.2 Å². The van der Waals surface area contributed by atoms with Gasteiger partial charge in [-0.2, -0.15) is 4.98 Å². The number of carbonyl (C=O) groups excluding carboxylic acids is 1. The lowest BCUT2D eigenvalue weighted by Gasteiger charge is -2.10. The molecule has 1 aromatic carbocycles. The molecule has 0 spiro atoms. The molecule has 1 atom stereocenters. The fourth-order valence-corrected chi connectivity index (χ4v) is 1.88. The topological polar surface area (TPSA) is 77.2 Å². The zero-order valence-electron chi connectivity index (χ0n) is 13.1. The predicted octanol–water partition coefficient (Wildman–Crippen LogP) is 2.59. The van der Waals surface area contributed by atoms with Gasteiger partial charge in [-0.05, 0) is 37.6 Å². The minimum Gasteiger partial charge on any atom is -0.497 e. The third-order valence-corrected chi connectivity index (χ3v) is 3.40. The molecule has 2 aromatic rings. The van der Waals surface area contributed by atoms with Gasteiger partial charge in [-0.3, -0.25) is 4.79 Å². The van der Waals surface area contributed by atoms with E-state index in [1.54, 1.807) is 7.11 Å². The Morgan fingerprint density at radius 1 is 1.36 bits per heavy atom. The van der Waals surface area contributed by atoms with E-state index in [1.807, 2.05) is 38.1 Å². The lowest BCUT2D eigenvalue weighted by molar-refractivity contribution is -0.121. The van der Waals surface area contributed by atoms with Crippen molar-refractivity contribution in [3.8, 4) is 17.1 Å². The van der Waals surface area contributed by atoms with E-state index in [0.29, 0.717) is 24.6 Å². The van der Waals surface area contributed by atoms with Crippen LogP contribution < -0.4 is 10.1 Å². The van der Waals surface area contributed by atoms with Crippen molar-refractivity contribution in [1.29, 1.82) is 0 Å². The van der Waals surface area contributed by atoms with Crippen LogP contribution in [-0.4, -0.2) is 29.2 Å². The summed E-state index contributed by atoms with van der Waals surface area (Å²) in [7, 11) is 1.62. The summed E-state index contributed by atoms with van der Waals surface area (Å²) in [6.07, 6.45) is 1.69. The molecule has 1 amide bonds. The standard InChI is InChI=1S/C16H21N3O3/c1-4-11(2)17-14(20)9-10-15-18-16(19-22-15)12-5-7-13(21-3)8-6-12/h5-8,11H,4,9-10H2,1-3H3,(H,17,20). The van der Waals surface area contributed by atoms with Crippen molar-refractivity contribution in [1.82, 2.24) is 15.5 Å². The summed E-state index contributed by atoms with van der Waals surface area (Å²) in [6.45, 7) is 4.01. The molecule has 22 heavy (non-hydrogen) atoms. The molecule has 0 aliphatic heterocycles. The van der Waals surface area contributed by atoms with Crippen molar-refractivity contribution < 1.29 is 14.1 Å². The van der Waals surface area contributed by atoms with E-state index >= 15 is 0 Å². The minimum absolute atomic E-state index is 0.00134. The molecular formula is C16H21N3O3. The highest BCUT2D eigenvalue weighted by Gasteiger charge is 2.11. The molecule has 0 aliphatic rings. The fourth-order valence-electron chi connectivity index (χ4n) is 1.88. The summed E-state index contributed by atoms with van der Waals surface area (Å²) in [5.74, 6) is 1.75. The zero-order chi connectivity index (χ0) is 15.9. The van der Waals surface area contributed by atoms with Crippen LogP contribution in [0.25, 0.3) is 11.4 Å². The van der Waals surface area contributed by atoms with Crippen LogP contribution in [0.4, 0.5) is 0 Å². The number of carbonyl (C=O) groups is 1. The number of rotatable bonds is 7. The number of nitrogens with one attached hydrogen (secondary N) is 1. The summed E-state index contributed by atoms with van der Waals surface area (Å²) in [5.41, 5.74) is 0.847. The number of methoxy groups -OCH3 is 1. The molecule has 1 aromatic heterocycles. The van der Waals surface area contributed by atoms with E-state index in [9.17, 15) is 4.79 Å². The molecule has 1 N–H and O–H groups in total. The van der Waals surface area contributed by atoms with Crippen molar-refractivity contribution in [3.05, 3.63) is 30.2 Å². The van der Waals surface area contributed by atoms with Gasteiger partial charge in [0.25, 0.3) is 0 Å². The van der Waals surface area contributed by atoms with E-state index in [4.69, 9.17) is 9.26 Å². The quantitative estimate of drug-likeness (QED) is 0.850. The second-order valence-electron chi connectivity index (χ2n) is 5.12. The summed E-state index contributed by atoms with van der Waals surface area (Å²) in [6, 6.07) is 7.59. The van der Waals surface area contributed by atoms with Crippen LogP contribution >= 0.6 is 0 Å². The first kappa shape index (κ1) is 16.0. The number of aromatic nitrogens is 2. The molecule has 0 aliphatic carbocycles. The Morgan fingerprint density at radius 2 is 2.09 bits per heavy atom. The number of ether oxygens (including phenoxy) is 1. The van der Waals surface area contributed by atoms with E-state index in [-0.39, 0.29) is 11.9 Å². The zero-order valence-corrected chi connectivity index (χ0v) is 13.1. The van der Waals surface area contributed by atoms with Crippen molar-refractivity contribution in [2.45, 2.75) is 39.2 Å². The van der Waals surface area contributed by atoms with Gasteiger partial charge in [-0.15, -0.1) is 0 Å². The Hall–Kier alpha value is -2.37. The van der Waals surface area contributed by atoms with E-state index < -0.39 is 0 Å². The van der Waals surface area contributed by atoms with Crippen molar-refractivity contribution in [2.75, 3.05) is 7.11 Å². The molecule has 0 fully saturated rings. The number of hydrogen-bond donors (Lipinski definition) is 1. The van der Waals surface area contributed by atoms with Gasteiger partial charge in [0.1, 0.15) is 5.75 Å². The van der Waals surface area contributed by atoms with Crippen molar-refractivity contribution in [2.24, 2.45) is 0 Å². The summed E-state index contributed by atoms with van der Waals surface area (Å²) in [4.78, 5) is 16.0. The van der Waals surface area contributed by atoms with Crippen molar-refractivity contribution in [3.63, 3.8) is 0 Å². The van der Waals surface area contributed by atoms with Crippen LogP contribution in [0.15, 0.2) is 28.8 Å². The van der Waals surface area contributed by atoms with Gasteiger partial charge < -0.3 is 14.6 Å². The molecule has 6 heteroatoms. The number of benzene rings is 1. The fraction of sp³-hybridized carbons (Fsp3) is 0.438. The highest BCUT2D eigenvalue weighted by Crippen LogP contribution is 2.19. The van der Waals surface area contributed by atoms with Gasteiger partial charge >= 0.3 is 0 Å². The lowest BCUT2D eigenvalue weighted by atomic mass is 10.2. The SMILES string of the molecule is CCC(C)NC(=O)CCc1nc(-c2ccc(OC)cc2)no1. The lowest BCUT2D eigenvalue weighted by Crippen LogP contribution is -2.32. The van der Waals surface area contributed by atoms with Crippen LogP contribution in [0.3, 0.4) is 0 Å². The Kier molecular flexibility index (Phi) is 5.52. The molecule has 0 radical (unpaired) electrons. The average Bonchev–Trinajstić information content (AvgIpc) is 3.02. The first-order valence-corrected chi connectivity index (χ1v) is 7.38. The molecule has 1 unspecified atom stereocenters. The predicted molar refractivity (Wildman–Crippen MR) is 82.5 cm³/mol. The van der Waals surface area contributed by atoms with E-state index in [1.165, 1.54) is 0 Å². The normalized spacial score (nSPS) is 12.0. The first-order valence-electron chi connectivity index (χ1n) is 7.38. The third-order valence-electron chi connectivity index (χ3n) is 3.40. The van der Waals surface area contributed by atoms with Gasteiger partial charge in [0.2, 0.25) is 17.6 Å². The molecule has 2 rings (SSSR count). The van der Waals surface area contributed by atoms with E-state index in [0.717, 1.165) is 17.7 Å². The number of nitrogens with zero attached hydrogens (tertiary/aromatic N) is 2. The Labute approximate surface area is 129 Å². The summed E-state index contributed by atoms with van der Waals surface area (Å²) >= 11 is 0. The molecule has 0 bridgehead atoms. The van der Waals surface area contributed by atoms with Crippen LogP contribution in [0.5, 0.6) is 5.75 Å². The first-order chi connectivity index (χ1) is 10.6. The van der Waals surface area contributed by atoms with Crippen molar-refractivity contribution >= 4 is 5.91 Å². The van der Waals surface area contributed by atoms with Gasteiger partial charge in [-0.1, -0.05) is 12.1 Å². The van der Waals surface area contributed by atoms with Crippen LogP contribution in [0.1, 0.15) is 32.6 Å². The minimum atomic E-state index is -0.00134. The molecule has 0 saturated carbocycles. The Balaban J connectivity index is 1.92. The monoisotopic (exact) mass is 303 g/mol. The summed E-state index contributed by atoms with van der Waals surface area (Å²) in [5, 5.41) is 6.85. The maximum absolute atomic E-state index is 11.7. The van der Waals surface area contributed by atoms with Gasteiger partial charge in [-0.25, -0.2) is 0 Å². The number of amides is 1. The highest BCUT2D eigenvalue weighted by atomic mass is 16.5. The smallest absolute Gasteiger partial charge is 0.227 e. The highest BCUT2D eigenvalue weighted by molar-refractivity contribution is 5.76. The second-order valence-corrected chi connectivity index (χ2v) is 5.12. The van der Waals surface area contributed by atoms with Crippen LogP contribution in [0.2, 0.25) is 0 Å². The molecule has 118 valence electrons. The molecule has 0 saturated heterocycles. The Bertz CT molecular complexity index is 607. The number of hydrogen-bond acceptors (Lipinski definition) is 5. The van der Waals surface area contributed by atoms with Gasteiger partial charge in [0, 0.05) is 24.4 Å². The van der Waals surface area contributed by atoms with E-state index in [2.05, 4.69) is 15.5 Å². The molecule has 6 nitrogen and oxygen atoms in total. The summed E-state index contributed by atoms with van der Waals surface area (Å²) < 4.78 is 10.3. The molecular weight excluding hydrogens is 282 g/mol. The van der Waals surface area contributed by atoms with Gasteiger partial charge in [0.15, 0.2) is 0 Å². The third kappa shape index (κ3) is 4.31. The maximum atomic E-state index is 11.7. The second kappa shape index (κ2) is 7.59. The maximum Gasteiger partial charge on any atom is 0.227 e. The number of aryl methyl sites for hydroxylation is 1. The average molecular weight is 303 g/mol. The molecule has 1 heterocycles. The Morgan fingerprint density at radius 3 is 2.73 bits per heavy atom.